The number of benzene rings is 1. The lowest BCUT2D eigenvalue weighted by molar-refractivity contribution is -0.118. The Labute approximate surface area is 96.3 Å². The molecular weight excluding hydrogens is 200 g/mol. The minimum absolute atomic E-state index is 0.0112. The molecule has 0 atom stereocenters. The van der Waals surface area contributed by atoms with E-state index in [2.05, 4.69) is 29.6 Å². The van der Waals surface area contributed by atoms with E-state index in [0.29, 0.717) is 13.1 Å². The van der Waals surface area contributed by atoms with Crippen LogP contribution in [0.25, 0.3) is 6.08 Å². The van der Waals surface area contributed by atoms with E-state index in [1.807, 2.05) is 12.2 Å². The second-order valence-electron chi connectivity index (χ2n) is 3.62. The monoisotopic (exact) mass is 218 g/mol. The Bertz CT molecular complexity index is 355. The third-order valence-corrected chi connectivity index (χ3v) is 2.19. The number of nitrogens with one attached hydrogen (secondary N) is 1. The number of hydrogen-bond acceptors (Lipinski definition) is 2. The van der Waals surface area contributed by atoms with Crippen molar-refractivity contribution in [2.75, 3.05) is 13.1 Å². The molecule has 1 aromatic rings. The van der Waals surface area contributed by atoms with Crippen molar-refractivity contribution in [2.24, 2.45) is 5.73 Å². The van der Waals surface area contributed by atoms with Crippen LogP contribution in [0.5, 0.6) is 0 Å². The van der Waals surface area contributed by atoms with Crippen LogP contribution in [0.3, 0.4) is 0 Å². The Balaban J connectivity index is 2.45. The van der Waals surface area contributed by atoms with Crippen LogP contribution in [0.1, 0.15) is 18.1 Å². The van der Waals surface area contributed by atoms with Gasteiger partial charge in [0.15, 0.2) is 0 Å². The standard InChI is InChI=1S/C13H18N2O/c1-11(16)15-10-2-3-12-4-6-13(7-5-12)8-9-14/h2-7H,8-10,14H2,1H3,(H,15,16). The number of nitrogens with two attached hydrogens (primary N) is 1. The molecule has 0 fully saturated rings. The molecule has 0 aliphatic rings. The van der Waals surface area contributed by atoms with E-state index < -0.39 is 0 Å². The first-order valence-electron chi connectivity index (χ1n) is 5.42. The first-order chi connectivity index (χ1) is 7.72. The van der Waals surface area contributed by atoms with Gasteiger partial charge in [0.25, 0.3) is 0 Å². The third kappa shape index (κ3) is 4.75. The van der Waals surface area contributed by atoms with E-state index in [-0.39, 0.29) is 5.91 Å². The van der Waals surface area contributed by atoms with Gasteiger partial charge in [-0.25, -0.2) is 0 Å². The zero-order valence-corrected chi connectivity index (χ0v) is 9.57. The maximum atomic E-state index is 10.6. The highest BCUT2D eigenvalue weighted by Gasteiger charge is 1.91. The van der Waals surface area contributed by atoms with Gasteiger partial charge in [-0.05, 0) is 24.1 Å². The lowest BCUT2D eigenvalue weighted by Crippen LogP contribution is -2.19. The van der Waals surface area contributed by atoms with Crippen LogP contribution in [0.2, 0.25) is 0 Å². The van der Waals surface area contributed by atoms with E-state index in [4.69, 9.17) is 5.73 Å². The van der Waals surface area contributed by atoms with E-state index in [9.17, 15) is 4.79 Å². The van der Waals surface area contributed by atoms with Crippen molar-refractivity contribution in [3.63, 3.8) is 0 Å². The smallest absolute Gasteiger partial charge is 0.217 e. The van der Waals surface area contributed by atoms with Gasteiger partial charge < -0.3 is 11.1 Å². The molecule has 0 saturated heterocycles. The molecule has 0 bridgehead atoms. The first kappa shape index (κ1) is 12.5. The van der Waals surface area contributed by atoms with Crippen molar-refractivity contribution in [2.45, 2.75) is 13.3 Å². The van der Waals surface area contributed by atoms with Crippen LogP contribution < -0.4 is 11.1 Å². The van der Waals surface area contributed by atoms with E-state index in [1.54, 1.807) is 0 Å². The molecular formula is C13H18N2O. The molecule has 0 aliphatic heterocycles. The zero-order valence-electron chi connectivity index (χ0n) is 9.57. The summed E-state index contributed by atoms with van der Waals surface area (Å²) in [7, 11) is 0. The molecule has 0 unspecified atom stereocenters. The third-order valence-electron chi connectivity index (χ3n) is 2.19. The molecule has 0 aromatic heterocycles. The highest BCUT2D eigenvalue weighted by Crippen LogP contribution is 2.06. The normalized spacial score (nSPS) is 10.6. The summed E-state index contributed by atoms with van der Waals surface area (Å²) in [4.78, 5) is 10.6. The van der Waals surface area contributed by atoms with Crippen molar-refractivity contribution in [1.29, 1.82) is 0 Å². The Morgan fingerprint density at radius 2 is 2.06 bits per heavy atom. The number of carbonyl (C=O) groups excluding carboxylic acids is 1. The Morgan fingerprint density at radius 1 is 1.38 bits per heavy atom. The van der Waals surface area contributed by atoms with Gasteiger partial charge in [0.2, 0.25) is 5.91 Å². The number of hydrogen-bond donors (Lipinski definition) is 2. The van der Waals surface area contributed by atoms with Gasteiger partial charge in [0.1, 0.15) is 0 Å². The van der Waals surface area contributed by atoms with Crippen LogP contribution in [-0.2, 0) is 11.2 Å². The number of amides is 1. The molecule has 16 heavy (non-hydrogen) atoms. The average Bonchev–Trinajstić information content (AvgIpc) is 2.27. The molecule has 1 rings (SSSR count). The van der Waals surface area contributed by atoms with E-state index >= 15 is 0 Å². The predicted molar refractivity (Wildman–Crippen MR) is 66.9 cm³/mol. The van der Waals surface area contributed by atoms with E-state index in [1.165, 1.54) is 12.5 Å². The average molecular weight is 218 g/mol. The Kier molecular flexibility index (Phi) is 5.29. The fourth-order valence-corrected chi connectivity index (χ4v) is 1.36. The maximum absolute atomic E-state index is 10.6. The topological polar surface area (TPSA) is 55.1 Å². The summed E-state index contributed by atoms with van der Waals surface area (Å²) < 4.78 is 0. The number of carbonyl (C=O) groups is 1. The maximum Gasteiger partial charge on any atom is 0.217 e. The van der Waals surface area contributed by atoms with Crippen molar-refractivity contribution < 1.29 is 4.79 Å². The van der Waals surface area contributed by atoms with Gasteiger partial charge in [0.05, 0.1) is 0 Å². The van der Waals surface area contributed by atoms with Crippen LogP contribution >= 0.6 is 0 Å². The summed E-state index contributed by atoms with van der Waals surface area (Å²) in [6.07, 6.45) is 4.83. The molecule has 1 aromatic carbocycles. The molecule has 86 valence electrons. The predicted octanol–water partition coefficient (Wildman–Crippen LogP) is 1.34. The van der Waals surface area contributed by atoms with Gasteiger partial charge >= 0.3 is 0 Å². The number of rotatable bonds is 5. The van der Waals surface area contributed by atoms with E-state index in [0.717, 1.165) is 12.0 Å². The molecule has 3 nitrogen and oxygen atoms in total. The highest BCUT2D eigenvalue weighted by atomic mass is 16.1. The molecule has 0 saturated carbocycles. The molecule has 0 spiro atoms. The van der Waals surface area contributed by atoms with Crippen LogP contribution in [0.4, 0.5) is 0 Å². The largest absolute Gasteiger partial charge is 0.353 e. The summed E-state index contributed by atoms with van der Waals surface area (Å²) in [5.74, 6) is -0.0112. The second kappa shape index (κ2) is 6.80. The quantitative estimate of drug-likeness (QED) is 0.783. The van der Waals surface area contributed by atoms with Gasteiger partial charge in [-0.1, -0.05) is 36.4 Å². The molecule has 3 N–H and O–H groups in total. The molecule has 1 amide bonds. The molecule has 0 radical (unpaired) electrons. The van der Waals surface area contributed by atoms with Crippen molar-refractivity contribution in [3.8, 4) is 0 Å². The fraction of sp³-hybridized carbons (Fsp3) is 0.308. The zero-order chi connectivity index (χ0) is 11.8. The van der Waals surface area contributed by atoms with Crippen molar-refractivity contribution in [1.82, 2.24) is 5.32 Å². The van der Waals surface area contributed by atoms with Crippen LogP contribution in [-0.4, -0.2) is 19.0 Å². The lowest BCUT2D eigenvalue weighted by Gasteiger charge is -1.99. The van der Waals surface area contributed by atoms with Gasteiger partial charge in [-0.15, -0.1) is 0 Å². The molecule has 3 heteroatoms. The molecule has 0 aliphatic carbocycles. The summed E-state index contributed by atoms with van der Waals surface area (Å²) in [6.45, 7) is 2.76. The SMILES string of the molecule is CC(=O)NCC=Cc1ccc(CCN)cc1. The first-order valence-corrected chi connectivity index (χ1v) is 5.42. The van der Waals surface area contributed by atoms with Gasteiger partial charge in [0, 0.05) is 13.5 Å². The molecule has 0 heterocycles. The summed E-state index contributed by atoms with van der Waals surface area (Å²) in [5, 5.41) is 2.71. The van der Waals surface area contributed by atoms with Crippen molar-refractivity contribution in [3.05, 3.63) is 41.5 Å². The van der Waals surface area contributed by atoms with Crippen LogP contribution in [0.15, 0.2) is 30.3 Å². The fourth-order valence-electron chi connectivity index (χ4n) is 1.36. The second-order valence-corrected chi connectivity index (χ2v) is 3.62. The highest BCUT2D eigenvalue weighted by molar-refractivity contribution is 5.73. The minimum Gasteiger partial charge on any atom is -0.353 e. The minimum atomic E-state index is -0.0112. The van der Waals surface area contributed by atoms with Gasteiger partial charge in [-0.2, -0.15) is 0 Å². The summed E-state index contributed by atoms with van der Waals surface area (Å²) >= 11 is 0. The van der Waals surface area contributed by atoms with Crippen LogP contribution in [0, 0.1) is 0 Å². The lowest BCUT2D eigenvalue weighted by atomic mass is 10.1. The Hall–Kier alpha value is -1.61. The van der Waals surface area contributed by atoms with Gasteiger partial charge in [-0.3, -0.25) is 4.79 Å². The summed E-state index contributed by atoms with van der Waals surface area (Å²) in [6, 6.07) is 8.25. The summed E-state index contributed by atoms with van der Waals surface area (Å²) in [5.41, 5.74) is 7.85. The Morgan fingerprint density at radius 3 is 2.62 bits per heavy atom. The van der Waals surface area contributed by atoms with Crippen molar-refractivity contribution >= 4 is 12.0 Å².